The summed E-state index contributed by atoms with van der Waals surface area (Å²) in [6.07, 6.45) is 0.659. The predicted octanol–water partition coefficient (Wildman–Crippen LogP) is 1.49. The van der Waals surface area contributed by atoms with Crippen LogP contribution in [0.4, 0.5) is 0 Å². The lowest BCUT2D eigenvalue weighted by atomic mass is 10.2. The van der Waals surface area contributed by atoms with Crippen molar-refractivity contribution < 1.29 is 24.1 Å². The minimum absolute atomic E-state index is 0.00347. The van der Waals surface area contributed by atoms with Gasteiger partial charge in [-0.2, -0.15) is 0 Å². The van der Waals surface area contributed by atoms with Crippen LogP contribution in [0.2, 0.25) is 5.02 Å². The third-order valence-corrected chi connectivity index (χ3v) is 2.96. The molecule has 0 aliphatic rings. The van der Waals surface area contributed by atoms with Crippen molar-refractivity contribution in [1.29, 1.82) is 0 Å². The molecule has 0 spiro atoms. The fourth-order valence-electron chi connectivity index (χ4n) is 1.69. The van der Waals surface area contributed by atoms with Crippen molar-refractivity contribution in [3.63, 3.8) is 0 Å². The van der Waals surface area contributed by atoms with Crippen LogP contribution in [0.25, 0.3) is 0 Å². The van der Waals surface area contributed by atoms with Gasteiger partial charge < -0.3 is 24.6 Å². The molecule has 118 valence electrons. The van der Waals surface area contributed by atoms with E-state index in [9.17, 15) is 4.79 Å². The summed E-state index contributed by atoms with van der Waals surface area (Å²) in [6, 6.07) is 3.10. The number of benzene rings is 1. The molecule has 2 N–H and O–H groups in total. The summed E-state index contributed by atoms with van der Waals surface area (Å²) in [5, 5.41) is 11.6. The maximum absolute atomic E-state index is 12.0. The van der Waals surface area contributed by atoms with Gasteiger partial charge in [-0.3, -0.25) is 4.79 Å². The van der Waals surface area contributed by atoms with Gasteiger partial charge in [-0.1, -0.05) is 11.6 Å². The lowest BCUT2D eigenvalue weighted by molar-refractivity contribution is 0.0867. The number of hydrogen-bond acceptors (Lipinski definition) is 5. The lowest BCUT2D eigenvalue weighted by Crippen LogP contribution is -2.25. The molecule has 0 saturated carbocycles. The predicted molar refractivity (Wildman–Crippen MR) is 79.4 cm³/mol. The van der Waals surface area contributed by atoms with Gasteiger partial charge in [0.25, 0.3) is 5.91 Å². The van der Waals surface area contributed by atoms with E-state index in [2.05, 4.69) is 5.32 Å². The highest BCUT2D eigenvalue weighted by Gasteiger charge is 2.14. The number of rotatable bonds is 9. The lowest BCUT2D eigenvalue weighted by Gasteiger charge is -2.12. The normalized spacial score (nSPS) is 10.3. The number of methoxy groups -OCH3 is 2. The third kappa shape index (κ3) is 5.41. The summed E-state index contributed by atoms with van der Waals surface area (Å²) >= 11 is 6.05. The van der Waals surface area contributed by atoms with E-state index < -0.39 is 0 Å². The molecule has 0 atom stereocenters. The molecule has 1 rings (SSSR count). The Bertz CT molecular complexity index is 467. The van der Waals surface area contributed by atoms with Crippen LogP contribution in [-0.4, -0.2) is 51.6 Å². The fraction of sp³-hybridized carbons (Fsp3) is 0.500. The Morgan fingerprint density at radius 3 is 2.67 bits per heavy atom. The monoisotopic (exact) mass is 317 g/mol. The molecular formula is C14H20ClNO5. The van der Waals surface area contributed by atoms with Crippen LogP contribution >= 0.6 is 11.6 Å². The Kier molecular flexibility index (Phi) is 7.89. The first-order chi connectivity index (χ1) is 10.1. The van der Waals surface area contributed by atoms with E-state index in [-0.39, 0.29) is 12.5 Å². The average Bonchev–Trinajstić information content (AvgIpc) is 2.49. The maximum Gasteiger partial charge on any atom is 0.251 e. The molecule has 1 aromatic rings. The summed E-state index contributed by atoms with van der Waals surface area (Å²) in [6.45, 7) is 1.25. The first-order valence-electron chi connectivity index (χ1n) is 6.52. The van der Waals surface area contributed by atoms with Crippen LogP contribution in [0.3, 0.4) is 0 Å². The number of carbonyl (C=O) groups excluding carboxylic acids is 1. The molecular weight excluding hydrogens is 298 g/mol. The Hall–Kier alpha value is -1.50. The van der Waals surface area contributed by atoms with E-state index in [1.54, 1.807) is 6.07 Å². The molecule has 0 unspecified atom stereocenters. The molecule has 21 heavy (non-hydrogen) atoms. The summed E-state index contributed by atoms with van der Waals surface area (Å²) in [5.74, 6) is 0.551. The van der Waals surface area contributed by atoms with E-state index in [0.717, 1.165) is 0 Å². The van der Waals surface area contributed by atoms with E-state index in [1.165, 1.54) is 20.3 Å². The van der Waals surface area contributed by atoms with Crippen molar-refractivity contribution in [3.8, 4) is 11.5 Å². The summed E-state index contributed by atoms with van der Waals surface area (Å²) in [5.41, 5.74) is 0.397. The smallest absolute Gasteiger partial charge is 0.251 e. The average molecular weight is 318 g/mol. The molecule has 6 nitrogen and oxygen atoms in total. The Labute approximate surface area is 129 Å². The van der Waals surface area contributed by atoms with Gasteiger partial charge in [0, 0.05) is 18.7 Å². The standard InChI is InChI=1S/C14H20ClNO5/c1-19-12-9-10(8-11(15)13(12)20-2)14(18)16-4-3-6-21-7-5-17/h8-9,17H,3-7H2,1-2H3,(H,16,18). The van der Waals surface area contributed by atoms with Gasteiger partial charge in [0.05, 0.1) is 32.5 Å². The number of aliphatic hydroxyl groups excluding tert-OH is 1. The second-order valence-electron chi connectivity index (χ2n) is 4.14. The van der Waals surface area contributed by atoms with Crippen molar-refractivity contribution in [2.45, 2.75) is 6.42 Å². The van der Waals surface area contributed by atoms with Gasteiger partial charge >= 0.3 is 0 Å². The molecule has 0 saturated heterocycles. The summed E-state index contributed by atoms with van der Waals surface area (Å²) in [7, 11) is 2.96. The fourth-order valence-corrected chi connectivity index (χ4v) is 1.98. The molecule has 0 heterocycles. The Morgan fingerprint density at radius 2 is 2.05 bits per heavy atom. The minimum Gasteiger partial charge on any atom is -0.493 e. The van der Waals surface area contributed by atoms with Crippen LogP contribution in [0.15, 0.2) is 12.1 Å². The third-order valence-electron chi connectivity index (χ3n) is 2.68. The zero-order valence-corrected chi connectivity index (χ0v) is 12.9. The van der Waals surface area contributed by atoms with Gasteiger partial charge in [-0.05, 0) is 18.6 Å². The SMILES string of the molecule is COc1cc(C(=O)NCCCOCCO)cc(Cl)c1OC. The van der Waals surface area contributed by atoms with Crippen LogP contribution < -0.4 is 14.8 Å². The molecule has 0 aliphatic carbocycles. The molecule has 1 aromatic carbocycles. The second kappa shape index (κ2) is 9.44. The molecule has 0 bridgehead atoms. The topological polar surface area (TPSA) is 77.0 Å². The number of nitrogens with one attached hydrogen (secondary N) is 1. The highest BCUT2D eigenvalue weighted by molar-refractivity contribution is 6.32. The van der Waals surface area contributed by atoms with Gasteiger partial charge in [0.1, 0.15) is 0 Å². The highest BCUT2D eigenvalue weighted by Crippen LogP contribution is 2.35. The van der Waals surface area contributed by atoms with Gasteiger partial charge in [-0.25, -0.2) is 0 Å². The van der Waals surface area contributed by atoms with E-state index in [0.29, 0.717) is 48.3 Å². The molecule has 7 heteroatoms. The van der Waals surface area contributed by atoms with E-state index >= 15 is 0 Å². The quantitative estimate of drug-likeness (QED) is 0.675. The highest BCUT2D eigenvalue weighted by atomic mass is 35.5. The van der Waals surface area contributed by atoms with Crippen molar-refractivity contribution >= 4 is 17.5 Å². The van der Waals surface area contributed by atoms with Crippen molar-refractivity contribution in [2.24, 2.45) is 0 Å². The number of halogens is 1. The van der Waals surface area contributed by atoms with E-state index in [4.69, 9.17) is 30.9 Å². The molecule has 1 amide bonds. The molecule has 0 radical (unpaired) electrons. The summed E-state index contributed by atoms with van der Waals surface area (Å²) < 4.78 is 15.4. The molecule has 0 fully saturated rings. The first-order valence-corrected chi connectivity index (χ1v) is 6.90. The largest absolute Gasteiger partial charge is 0.493 e. The number of ether oxygens (including phenoxy) is 3. The number of carbonyl (C=O) groups is 1. The number of amides is 1. The van der Waals surface area contributed by atoms with Gasteiger partial charge in [0.2, 0.25) is 0 Å². The van der Waals surface area contributed by atoms with Gasteiger partial charge in [-0.15, -0.1) is 0 Å². The van der Waals surface area contributed by atoms with Crippen LogP contribution in [0.1, 0.15) is 16.8 Å². The molecule has 0 aromatic heterocycles. The van der Waals surface area contributed by atoms with Crippen molar-refractivity contribution in [1.82, 2.24) is 5.32 Å². The first kappa shape index (κ1) is 17.6. The Balaban J connectivity index is 2.56. The number of aliphatic hydroxyl groups is 1. The van der Waals surface area contributed by atoms with Crippen molar-refractivity contribution in [2.75, 3.05) is 40.6 Å². The van der Waals surface area contributed by atoms with Crippen LogP contribution in [0, 0.1) is 0 Å². The minimum atomic E-state index is -0.250. The van der Waals surface area contributed by atoms with Crippen LogP contribution in [0.5, 0.6) is 11.5 Å². The number of hydrogen-bond donors (Lipinski definition) is 2. The molecule has 0 aliphatic heterocycles. The van der Waals surface area contributed by atoms with Crippen LogP contribution in [-0.2, 0) is 4.74 Å². The second-order valence-corrected chi connectivity index (χ2v) is 4.55. The van der Waals surface area contributed by atoms with E-state index in [1.807, 2.05) is 0 Å². The zero-order chi connectivity index (χ0) is 15.7. The maximum atomic E-state index is 12.0. The Morgan fingerprint density at radius 1 is 1.29 bits per heavy atom. The van der Waals surface area contributed by atoms with Gasteiger partial charge in [0.15, 0.2) is 11.5 Å². The zero-order valence-electron chi connectivity index (χ0n) is 12.1. The summed E-state index contributed by atoms with van der Waals surface area (Å²) in [4.78, 5) is 12.0. The van der Waals surface area contributed by atoms with Crippen molar-refractivity contribution in [3.05, 3.63) is 22.7 Å².